The van der Waals surface area contributed by atoms with E-state index in [4.69, 9.17) is 16.3 Å². The Morgan fingerprint density at radius 3 is 2.59 bits per heavy atom. The highest BCUT2D eigenvalue weighted by atomic mass is 79.9. The van der Waals surface area contributed by atoms with Gasteiger partial charge in [-0.25, -0.2) is 4.99 Å². The van der Waals surface area contributed by atoms with Gasteiger partial charge in [-0.1, -0.05) is 57.5 Å². The molecule has 9 heteroatoms. The number of anilines is 1. The molecule has 174 valence electrons. The lowest BCUT2D eigenvalue weighted by Gasteiger charge is -2.32. The number of rotatable bonds is 6. The molecule has 0 saturated carbocycles. The summed E-state index contributed by atoms with van der Waals surface area (Å²) in [6.07, 6.45) is 0.0672. The Morgan fingerprint density at radius 1 is 1.18 bits per heavy atom. The Morgan fingerprint density at radius 2 is 1.91 bits per heavy atom. The van der Waals surface area contributed by atoms with Crippen molar-refractivity contribution in [3.63, 3.8) is 0 Å². The van der Waals surface area contributed by atoms with Crippen molar-refractivity contribution in [3.05, 3.63) is 87.9 Å². The van der Waals surface area contributed by atoms with Gasteiger partial charge < -0.3 is 10.1 Å². The maximum Gasteiger partial charge on any atom is 0.238 e. The number of carbonyl (C=O) groups excluding carboxylic acids is 2. The van der Waals surface area contributed by atoms with Gasteiger partial charge in [-0.15, -0.1) is 0 Å². The molecule has 0 aliphatic carbocycles. The van der Waals surface area contributed by atoms with Crippen LogP contribution in [0.2, 0.25) is 5.02 Å². The average Bonchev–Trinajstić information content (AvgIpc) is 2.83. The van der Waals surface area contributed by atoms with E-state index in [1.807, 2.05) is 36.4 Å². The van der Waals surface area contributed by atoms with Crippen LogP contribution in [-0.2, 0) is 16.1 Å². The predicted molar refractivity (Wildman–Crippen MR) is 141 cm³/mol. The Balaban J connectivity index is 1.59. The molecule has 0 bridgehead atoms. The van der Waals surface area contributed by atoms with Crippen LogP contribution in [0, 0.1) is 0 Å². The zero-order valence-corrected chi connectivity index (χ0v) is 21.4. The molecule has 1 unspecified atom stereocenters. The summed E-state index contributed by atoms with van der Waals surface area (Å²) in [5, 5.41) is 3.27. The minimum Gasteiger partial charge on any atom is -0.497 e. The van der Waals surface area contributed by atoms with Crippen molar-refractivity contribution >= 4 is 67.6 Å². The van der Waals surface area contributed by atoms with E-state index in [2.05, 4.69) is 26.2 Å². The molecule has 3 aromatic carbocycles. The van der Waals surface area contributed by atoms with E-state index in [1.165, 1.54) is 11.8 Å². The van der Waals surface area contributed by atoms with E-state index in [0.717, 1.165) is 15.8 Å². The van der Waals surface area contributed by atoms with E-state index < -0.39 is 5.25 Å². The molecule has 1 N–H and O–H groups in total. The highest BCUT2D eigenvalue weighted by Gasteiger charge is 2.36. The zero-order chi connectivity index (χ0) is 24.1. The fourth-order valence-corrected chi connectivity index (χ4v) is 4.87. The molecule has 1 aliphatic rings. The Hall–Kier alpha value is -2.81. The number of amides is 2. The topological polar surface area (TPSA) is 71.0 Å². The molecule has 3 aromatic rings. The molecule has 1 heterocycles. The summed E-state index contributed by atoms with van der Waals surface area (Å²) in [6.45, 7) is 0.330. The Labute approximate surface area is 215 Å². The van der Waals surface area contributed by atoms with Crippen LogP contribution in [0.5, 0.6) is 5.75 Å². The number of methoxy groups -OCH3 is 1. The molecule has 1 saturated heterocycles. The number of thioether (sulfide) groups is 1. The first-order valence-corrected chi connectivity index (χ1v) is 12.5. The summed E-state index contributed by atoms with van der Waals surface area (Å²) in [6, 6.07) is 21.9. The van der Waals surface area contributed by atoms with Gasteiger partial charge in [0, 0.05) is 21.6 Å². The molecule has 0 spiro atoms. The SMILES string of the molecule is COc1ccc(CN2C(=O)CC(C(=O)Nc3ccc(Br)cc3)SC2=Nc2cccc(Cl)c2)cc1. The van der Waals surface area contributed by atoms with Gasteiger partial charge in [0.25, 0.3) is 0 Å². The van der Waals surface area contributed by atoms with Crippen LogP contribution in [-0.4, -0.2) is 34.2 Å². The van der Waals surface area contributed by atoms with Crippen molar-refractivity contribution in [3.8, 4) is 5.75 Å². The predicted octanol–water partition coefficient (Wildman–Crippen LogP) is 6.27. The number of nitrogens with one attached hydrogen (secondary N) is 1. The van der Waals surface area contributed by atoms with Crippen LogP contribution in [0.3, 0.4) is 0 Å². The number of halogens is 2. The Bertz CT molecular complexity index is 1220. The van der Waals surface area contributed by atoms with E-state index in [1.54, 1.807) is 48.4 Å². The Kier molecular flexibility index (Phi) is 7.92. The smallest absolute Gasteiger partial charge is 0.238 e. The van der Waals surface area contributed by atoms with Crippen molar-refractivity contribution in [1.29, 1.82) is 0 Å². The number of carbonyl (C=O) groups is 2. The summed E-state index contributed by atoms with van der Waals surface area (Å²) in [5.41, 5.74) is 2.19. The van der Waals surface area contributed by atoms with Gasteiger partial charge in [0.2, 0.25) is 11.8 Å². The molecule has 1 aliphatic heterocycles. The van der Waals surface area contributed by atoms with Gasteiger partial charge in [0.15, 0.2) is 5.17 Å². The standard InChI is InChI=1S/C25H21BrClN3O3S/c1-33-21-11-5-16(6-12-21)15-30-23(31)14-22(24(32)28-19-9-7-17(26)8-10-19)34-25(30)29-20-4-2-3-18(27)13-20/h2-13,22H,14-15H2,1H3,(H,28,32). The van der Waals surface area contributed by atoms with E-state index in [-0.39, 0.29) is 18.2 Å². The van der Waals surface area contributed by atoms with Gasteiger partial charge in [-0.05, 0) is 60.2 Å². The van der Waals surface area contributed by atoms with Gasteiger partial charge in [-0.3, -0.25) is 14.5 Å². The molecule has 4 rings (SSSR count). The number of aliphatic imine (C=N–C) groups is 1. The second-order valence-electron chi connectivity index (χ2n) is 7.51. The van der Waals surface area contributed by atoms with Crippen LogP contribution in [0.1, 0.15) is 12.0 Å². The number of hydrogen-bond donors (Lipinski definition) is 1. The number of amidine groups is 1. The summed E-state index contributed by atoms with van der Waals surface area (Å²) in [4.78, 5) is 32.5. The quantitative estimate of drug-likeness (QED) is 0.387. The van der Waals surface area contributed by atoms with Crippen molar-refractivity contribution in [2.24, 2.45) is 4.99 Å². The van der Waals surface area contributed by atoms with Crippen molar-refractivity contribution < 1.29 is 14.3 Å². The zero-order valence-electron chi connectivity index (χ0n) is 18.2. The molecule has 1 fully saturated rings. The van der Waals surface area contributed by atoms with E-state index >= 15 is 0 Å². The third-order valence-corrected chi connectivity index (χ3v) is 7.03. The molecule has 0 radical (unpaired) electrons. The van der Waals surface area contributed by atoms with Crippen LogP contribution < -0.4 is 10.1 Å². The monoisotopic (exact) mass is 557 g/mol. The molecule has 1 atom stereocenters. The lowest BCUT2D eigenvalue weighted by atomic mass is 10.2. The largest absolute Gasteiger partial charge is 0.497 e. The fraction of sp³-hybridized carbons (Fsp3) is 0.160. The van der Waals surface area contributed by atoms with Crippen molar-refractivity contribution in [2.45, 2.75) is 18.2 Å². The first kappa shape index (κ1) is 24.3. The van der Waals surface area contributed by atoms with Crippen LogP contribution in [0.4, 0.5) is 11.4 Å². The van der Waals surface area contributed by atoms with Gasteiger partial charge >= 0.3 is 0 Å². The minimum absolute atomic E-state index is 0.0672. The van der Waals surface area contributed by atoms with Gasteiger partial charge in [0.05, 0.1) is 19.3 Å². The number of ether oxygens (including phenoxy) is 1. The molecule has 2 amide bonds. The van der Waals surface area contributed by atoms with E-state index in [0.29, 0.717) is 28.1 Å². The lowest BCUT2D eigenvalue weighted by molar-refractivity contribution is -0.129. The average molecular weight is 559 g/mol. The maximum atomic E-state index is 13.2. The number of benzene rings is 3. The van der Waals surface area contributed by atoms with Crippen LogP contribution in [0.25, 0.3) is 0 Å². The highest BCUT2D eigenvalue weighted by molar-refractivity contribution is 9.10. The third kappa shape index (κ3) is 6.20. The highest BCUT2D eigenvalue weighted by Crippen LogP contribution is 2.32. The second kappa shape index (κ2) is 11.1. The van der Waals surface area contributed by atoms with Crippen LogP contribution >= 0.6 is 39.3 Å². The molecule has 34 heavy (non-hydrogen) atoms. The van der Waals surface area contributed by atoms with Crippen molar-refractivity contribution in [2.75, 3.05) is 12.4 Å². The first-order valence-electron chi connectivity index (χ1n) is 10.4. The normalized spacial score (nSPS) is 17.0. The third-order valence-electron chi connectivity index (χ3n) is 5.08. The summed E-state index contributed by atoms with van der Waals surface area (Å²) in [5.74, 6) is 0.315. The number of hydrogen-bond acceptors (Lipinski definition) is 5. The maximum absolute atomic E-state index is 13.2. The molecule has 0 aromatic heterocycles. The second-order valence-corrected chi connectivity index (χ2v) is 10.0. The first-order chi connectivity index (χ1) is 16.4. The van der Waals surface area contributed by atoms with Crippen molar-refractivity contribution in [1.82, 2.24) is 4.90 Å². The van der Waals surface area contributed by atoms with Gasteiger partial charge in [-0.2, -0.15) is 0 Å². The number of nitrogens with zero attached hydrogens (tertiary/aromatic N) is 2. The summed E-state index contributed by atoms with van der Waals surface area (Å²) >= 11 is 10.8. The molecular weight excluding hydrogens is 538 g/mol. The fourth-order valence-electron chi connectivity index (χ4n) is 3.32. The lowest BCUT2D eigenvalue weighted by Crippen LogP contribution is -2.44. The molecular formula is C25H21BrClN3O3S. The minimum atomic E-state index is -0.610. The van der Waals surface area contributed by atoms with E-state index in [9.17, 15) is 9.59 Å². The summed E-state index contributed by atoms with van der Waals surface area (Å²) < 4.78 is 6.13. The summed E-state index contributed by atoms with van der Waals surface area (Å²) in [7, 11) is 1.61. The van der Waals surface area contributed by atoms with Gasteiger partial charge in [0.1, 0.15) is 11.0 Å². The van der Waals surface area contributed by atoms with Crippen LogP contribution in [0.15, 0.2) is 82.3 Å². The molecule has 6 nitrogen and oxygen atoms in total.